The monoisotopic (exact) mass is 285 g/mol. The molecule has 0 bridgehead atoms. The van der Waals surface area contributed by atoms with E-state index in [9.17, 15) is 9.59 Å². The second kappa shape index (κ2) is 6.60. The molecule has 0 spiro atoms. The van der Waals surface area contributed by atoms with Crippen molar-refractivity contribution in [3.8, 4) is 0 Å². The number of anilines is 1. The number of carbonyl (C=O) groups is 2. The highest BCUT2D eigenvalue weighted by molar-refractivity contribution is 6.03. The fourth-order valence-corrected chi connectivity index (χ4v) is 1.67. The first-order valence-corrected chi connectivity index (χ1v) is 6.49. The Kier molecular flexibility index (Phi) is 4.61. The van der Waals surface area contributed by atoms with Crippen molar-refractivity contribution in [1.29, 1.82) is 0 Å². The average molecular weight is 285 g/mol. The fourth-order valence-electron chi connectivity index (χ4n) is 1.67. The zero-order chi connectivity index (χ0) is 15.2. The Morgan fingerprint density at radius 1 is 1.19 bits per heavy atom. The number of ether oxygens (including phenoxy) is 1. The van der Waals surface area contributed by atoms with Crippen molar-refractivity contribution in [1.82, 2.24) is 9.97 Å². The maximum absolute atomic E-state index is 12.1. The number of hydrogen-bond donors (Lipinski definition) is 1. The van der Waals surface area contributed by atoms with Crippen molar-refractivity contribution in [2.75, 3.05) is 11.9 Å². The number of hydrogen-bond acceptors (Lipinski definition) is 5. The highest BCUT2D eigenvalue weighted by Gasteiger charge is 2.14. The molecule has 0 fully saturated rings. The van der Waals surface area contributed by atoms with Gasteiger partial charge in [0.25, 0.3) is 5.91 Å². The summed E-state index contributed by atoms with van der Waals surface area (Å²) < 4.78 is 4.85. The molecular weight excluding hydrogens is 270 g/mol. The second-order valence-electron chi connectivity index (χ2n) is 4.25. The van der Waals surface area contributed by atoms with Gasteiger partial charge in [-0.15, -0.1) is 0 Å². The number of pyridine rings is 2. The smallest absolute Gasteiger partial charge is 0.356 e. The number of carbonyl (C=O) groups excluding carboxylic acids is 2. The zero-order valence-corrected chi connectivity index (χ0v) is 11.8. The molecule has 1 N–H and O–H groups in total. The number of aryl methyl sites for hydroxylation is 1. The molecular formula is C15H15N3O3. The molecule has 2 heterocycles. The van der Waals surface area contributed by atoms with E-state index in [4.69, 9.17) is 4.74 Å². The van der Waals surface area contributed by atoms with E-state index in [1.54, 1.807) is 25.3 Å². The number of nitrogens with zero attached hydrogens (tertiary/aromatic N) is 2. The standard InChI is InChI=1S/C15H15N3O3/c1-3-21-15(20)12-8-4-7-11(17-12)14(19)18-13-10(2)6-5-9-16-13/h4-9H,3H2,1-2H3,(H,16,18,19). The zero-order valence-electron chi connectivity index (χ0n) is 11.8. The molecule has 2 aromatic rings. The van der Waals surface area contributed by atoms with Crippen LogP contribution in [0.25, 0.3) is 0 Å². The van der Waals surface area contributed by atoms with Crippen LogP contribution in [0.15, 0.2) is 36.5 Å². The lowest BCUT2D eigenvalue weighted by Crippen LogP contribution is -2.17. The van der Waals surface area contributed by atoms with Gasteiger partial charge < -0.3 is 10.1 Å². The van der Waals surface area contributed by atoms with E-state index in [2.05, 4.69) is 15.3 Å². The number of esters is 1. The van der Waals surface area contributed by atoms with E-state index in [1.807, 2.05) is 13.0 Å². The highest BCUT2D eigenvalue weighted by atomic mass is 16.5. The third-order valence-corrected chi connectivity index (χ3v) is 2.71. The Balaban J connectivity index is 2.18. The van der Waals surface area contributed by atoms with Crippen LogP contribution in [-0.2, 0) is 4.74 Å². The lowest BCUT2D eigenvalue weighted by atomic mass is 10.2. The van der Waals surface area contributed by atoms with Gasteiger partial charge in [-0.25, -0.2) is 14.8 Å². The maximum Gasteiger partial charge on any atom is 0.356 e. The Hall–Kier alpha value is -2.76. The molecule has 0 saturated heterocycles. The van der Waals surface area contributed by atoms with Crippen LogP contribution in [0.2, 0.25) is 0 Å². The molecule has 0 atom stereocenters. The number of rotatable bonds is 4. The van der Waals surface area contributed by atoms with Crippen LogP contribution in [0.1, 0.15) is 33.5 Å². The van der Waals surface area contributed by atoms with Crippen molar-refractivity contribution in [2.24, 2.45) is 0 Å². The van der Waals surface area contributed by atoms with Gasteiger partial charge >= 0.3 is 5.97 Å². The second-order valence-corrected chi connectivity index (χ2v) is 4.25. The molecule has 0 unspecified atom stereocenters. The summed E-state index contributed by atoms with van der Waals surface area (Å²) in [6.45, 7) is 3.80. The van der Waals surface area contributed by atoms with E-state index in [1.165, 1.54) is 12.1 Å². The predicted molar refractivity (Wildman–Crippen MR) is 77.1 cm³/mol. The van der Waals surface area contributed by atoms with Gasteiger partial charge in [0.2, 0.25) is 0 Å². The first kappa shape index (κ1) is 14.6. The van der Waals surface area contributed by atoms with Gasteiger partial charge in [0.15, 0.2) is 0 Å². The lowest BCUT2D eigenvalue weighted by Gasteiger charge is -2.07. The minimum atomic E-state index is -0.554. The summed E-state index contributed by atoms with van der Waals surface area (Å²) in [6.07, 6.45) is 1.59. The Labute approximate surface area is 122 Å². The van der Waals surface area contributed by atoms with Crippen LogP contribution >= 0.6 is 0 Å². The van der Waals surface area contributed by atoms with Crippen molar-refractivity contribution in [3.05, 3.63) is 53.5 Å². The highest BCUT2D eigenvalue weighted by Crippen LogP contribution is 2.11. The van der Waals surface area contributed by atoms with Crippen LogP contribution < -0.4 is 5.32 Å². The normalized spacial score (nSPS) is 10.0. The minimum Gasteiger partial charge on any atom is -0.461 e. The van der Waals surface area contributed by atoms with Crippen LogP contribution in [0.5, 0.6) is 0 Å². The predicted octanol–water partition coefficient (Wildman–Crippen LogP) is 2.21. The molecule has 0 aliphatic rings. The number of aromatic nitrogens is 2. The number of nitrogens with one attached hydrogen (secondary N) is 1. The minimum absolute atomic E-state index is 0.0993. The summed E-state index contributed by atoms with van der Waals surface area (Å²) in [4.78, 5) is 31.8. The van der Waals surface area contributed by atoms with Gasteiger partial charge in [-0.05, 0) is 37.6 Å². The largest absolute Gasteiger partial charge is 0.461 e. The van der Waals surface area contributed by atoms with Crippen LogP contribution in [0.4, 0.5) is 5.82 Å². The summed E-state index contributed by atoms with van der Waals surface area (Å²) >= 11 is 0. The Morgan fingerprint density at radius 3 is 2.67 bits per heavy atom. The summed E-state index contributed by atoms with van der Waals surface area (Å²) in [6, 6.07) is 8.23. The molecule has 6 nitrogen and oxygen atoms in total. The van der Waals surface area contributed by atoms with E-state index in [-0.39, 0.29) is 18.0 Å². The van der Waals surface area contributed by atoms with Gasteiger partial charge in [0, 0.05) is 6.20 Å². The van der Waals surface area contributed by atoms with Gasteiger partial charge in [0.05, 0.1) is 6.61 Å². The molecule has 1 amide bonds. The lowest BCUT2D eigenvalue weighted by molar-refractivity contribution is 0.0519. The molecule has 0 aromatic carbocycles. The van der Waals surface area contributed by atoms with Crippen LogP contribution in [-0.4, -0.2) is 28.5 Å². The van der Waals surface area contributed by atoms with Crippen LogP contribution in [0.3, 0.4) is 0 Å². The molecule has 2 aromatic heterocycles. The van der Waals surface area contributed by atoms with E-state index >= 15 is 0 Å². The summed E-state index contributed by atoms with van der Waals surface area (Å²) in [7, 11) is 0. The molecule has 0 aliphatic heterocycles. The molecule has 108 valence electrons. The van der Waals surface area contributed by atoms with Gasteiger partial charge in [-0.2, -0.15) is 0 Å². The fraction of sp³-hybridized carbons (Fsp3) is 0.200. The molecule has 0 saturated carbocycles. The maximum atomic E-state index is 12.1. The summed E-state index contributed by atoms with van der Waals surface area (Å²) in [5.74, 6) is -0.519. The van der Waals surface area contributed by atoms with Gasteiger partial charge in [0.1, 0.15) is 17.2 Å². The third kappa shape index (κ3) is 3.62. The number of amides is 1. The average Bonchev–Trinajstić information content (AvgIpc) is 2.50. The third-order valence-electron chi connectivity index (χ3n) is 2.71. The Bertz CT molecular complexity index is 671. The topological polar surface area (TPSA) is 81.2 Å². The van der Waals surface area contributed by atoms with Crippen LogP contribution in [0, 0.1) is 6.92 Å². The SMILES string of the molecule is CCOC(=O)c1cccc(C(=O)Nc2ncccc2C)n1. The van der Waals surface area contributed by atoms with E-state index < -0.39 is 11.9 Å². The van der Waals surface area contributed by atoms with Crippen molar-refractivity contribution < 1.29 is 14.3 Å². The van der Waals surface area contributed by atoms with Crippen molar-refractivity contribution in [3.63, 3.8) is 0 Å². The van der Waals surface area contributed by atoms with Gasteiger partial charge in [-0.1, -0.05) is 12.1 Å². The summed E-state index contributed by atoms with van der Waals surface area (Å²) in [5, 5.41) is 2.66. The first-order chi connectivity index (χ1) is 10.1. The van der Waals surface area contributed by atoms with Crippen molar-refractivity contribution in [2.45, 2.75) is 13.8 Å². The molecule has 0 aliphatic carbocycles. The van der Waals surface area contributed by atoms with Crippen molar-refractivity contribution >= 4 is 17.7 Å². The van der Waals surface area contributed by atoms with Gasteiger partial charge in [-0.3, -0.25) is 4.79 Å². The molecule has 6 heteroatoms. The Morgan fingerprint density at radius 2 is 1.95 bits per heavy atom. The van der Waals surface area contributed by atoms with E-state index in [0.717, 1.165) is 5.56 Å². The first-order valence-electron chi connectivity index (χ1n) is 6.49. The summed E-state index contributed by atoms with van der Waals surface area (Å²) in [5.41, 5.74) is 1.07. The molecule has 0 radical (unpaired) electrons. The van der Waals surface area contributed by atoms with E-state index in [0.29, 0.717) is 5.82 Å². The quantitative estimate of drug-likeness (QED) is 0.871. The molecule has 21 heavy (non-hydrogen) atoms. The molecule has 2 rings (SSSR count).